The summed E-state index contributed by atoms with van der Waals surface area (Å²) in [6, 6.07) is 64.0. The van der Waals surface area contributed by atoms with Gasteiger partial charge < -0.3 is 14.2 Å². The Hall–Kier alpha value is -8.14. The first-order valence-corrected chi connectivity index (χ1v) is 20.7. The Balaban J connectivity index is 1.29. The van der Waals surface area contributed by atoms with Crippen LogP contribution in [-0.2, 0) is 5.41 Å². The van der Waals surface area contributed by atoms with Crippen LogP contribution in [0.3, 0.4) is 0 Å². The summed E-state index contributed by atoms with van der Waals surface area (Å²) in [5.41, 5.74) is 9.21. The maximum atomic E-state index is 10.1. The van der Waals surface area contributed by atoms with Crippen molar-refractivity contribution in [3.63, 3.8) is 0 Å². The highest BCUT2D eigenvalue weighted by atomic mass is 16.3. The minimum absolute atomic E-state index is 0.0224. The van der Waals surface area contributed by atoms with E-state index >= 15 is 0 Å². The van der Waals surface area contributed by atoms with Gasteiger partial charge in [0.15, 0.2) is 0 Å². The van der Waals surface area contributed by atoms with Gasteiger partial charge in [-0.05, 0) is 129 Å². The van der Waals surface area contributed by atoms with Gasteiger partial charge in [0.25, 0.3) is 0 Å². The van der Waals surface area contributed by atoms with Gasteiger partial charge in [-0.2, -0.15) is 0 Å². The molecule has 0 amide bonds. The standard InChI is InChI=1S/C59H40N2O/c1-5-21-42(22-6-1)60(43-23-7-2-8-24-43)46-35-37-53-50(39-46)51-40-47(61(44-25-9-3-10-26-44)45-27-11-4-12-28-45)36-38-54(51)59(53,52-31-17-20-41-19-13-14-29-48(41)52)55-32-18-34-57-58(55)49-30-15-16-33-56(49)62-57/h1-40H/i13D,14D,17D,19D,20D,29D,31D. The lowest BCUT2D eigenvalue weighted by Gasteiger charge is -2.36. The number of nitrogens with zero attached hydrogens (tertiary/aromatic N) is 2. The fraction of sp³-hybridized carbons (Fsp3) is 0.0169. The molecule has 0 saturated heterocycles. The van der Waals surface area contributed by atoms with E-state index < -0.39 is 35.6 Å². The average Bonchev–Trinajstić information content (AvgIpc) is 3.91. The van der Waals surface area contributed by atoms with E-state index in [2.05, 4.69) is 94.7 Å². The van der Waals surface area contributed by atoms with Crippen molar-refractivity contribution in [2.75, 3.05) is 9.80 Å². The van der Waals surface area contributed by atoms with Crippen LogP contribution in [0.4, 0.5) is 34.1 Å². The van der Waals surface area contributed by atoms with Crippen LogP contribution in [-0.4, -0.2) is 0 Å². The van der Waals surface area contributed by atoms with Gasteiger partial charge >= 0.3 is 0 Å². The molecule has 10 aromatic carbocycles. The number of fused-ring (bicyclic) bond motifs is 7. The first kappa shape index (κ1) is 29.1. The van der Waals surface area contributed by atoms with Crippen molar-refractivity contribution in [1.29, 1.82) is 0 Å². The minimum Gasteiger partial charge on any atom is -0.456 e. The Bertz CT molecular complexity index is 3610. The maximum Gasteiger partial charge on any atom is 0.135 e. The Morgan fingerprint density at radius 2 is 0.839 bits per heavy atom. The van der Waals surface area contributed by atoms with Crippen molar-refractivity contribution in [2.45, 2.75) is 5.41 Å². The summed E-state index contributed by atoms with van der Waals surface area (Å²) in [5.74, 6) is 0. The normalized spacial score (nSPS) is 14.2. The monoisotopic (exact) mass is 799 g/mol. The average molecular weight is 800 g/mol. The Kier molecular flexibility index (Phi) is 6.84. The first-order valence-electron chi connectivity index (χ1n) is 24.2. The van der Waals surface area contributed by atoms with Gasteiger partial charge in [-0.15, -0.1) is 0 Å². The van der Waals surface area contributed by atoms with E-state index in [0.29, 0.717) is 16.7 Å². The van der Waals surface area contributed by atoms with E-state index in [-0.39, 0.29) is 28.4 Å². The molecule has 0 bridgehead atoms. The first-order chi connectivity index (χ1) is 33.7. The van der Waals surface area contributed by atoms with Crippen molar-refractivity contribution in [3.05, 3.63) is 265 Å². The molecule has 0 radical (unpaired) electrons. The summed E-state index contributed by atoms with van der Waals surface area (Å²) < 4.78 is 72.3. The smallest absolute Gasteiger partial charge is 0.135 e. The zero-order chi connectivity index (χ0) is 47.1. The summed E-state index contributed by atoms with van der Waals surface area (Å²) in [7, 11) is 0. The third-order valence-corrected chi connectivity index (χ3v) is 12.2. The predicted molar refractivity (Wildman–Crippen MR) is 258 cm³/mol. The van der Waals surface area contributed by atoms with Crippen LogP contribution >= 0.6 is 0 Å². The molecule has 1 aromatic heterocycles. The molecule has 3 nitrogen and oxygen atoms in total. The number of para-hydroxylation sites is 5. The van der Waals surface area contributed by atoms with E-state index in [4.69, 9.17) is 7.16 Å². The summed E-state index contributed by atoms with van der Waals surface area (Å²) in [4.78, 5) is 4.40. The van der Waals surface area contributed by atoms with Gasteiger partial charge in [-0.1, -0.05) is 158 Å². The number of furan rings is 1. The molecular formula is C59H40N2O. The fourth-order valence-electron chi connectivity index (χ4n) is 9.67. The largest absolute Gasteiger partial charge is 0.456 e. The van der Waals surface area contributed by atoms with Crippen LogP contribution in [0, 0.1) is 0 Å². The lowest BCUT2D eigenvalue weighted by atomic mass is 9.65. The van der Waals surface area contributed by atoms with E-state index in [1.165, 1.54) is 0 Å². The van der Waals surface area contributed by atoms with Gasteiger partial charge in [0, 0.05) is 44.9 Å². The van der Waals surface area contributed by atoms with Crippen LogP contribution in [0.25, 0.3) is 43.8 Å². The fourth-order valence-corrected chi connectivity index (χ4v) is 9.67. The highest BCUT2D eigenvalue weighted by Crippen LogP contribution is 2.61. The maximum absolute atomic E-state index is 10.1. The quantitative estimate of drug-likeness (QED) is 0.153. The zero-order valence-electron chi connectivity index (χ0n) is 40.4. The van der Waals surface area contributed by atoms with Crippen molar-refractivity contribution in [2.24, 2.45) is 0 Å². The molecule has 62 heavy (non-hydrogen) atoms. The van der Waals surface area contributed by atoms with Crippen LogP contribution in [0.2, 0.25) is 0 Å². The molecule has 0 saturated carbocycles. The Labute approximate surface area is 370 Å². The second-order valence-corrected chi connectivity index (χ2v) is 15.5. The molecule has 0 fully saturated rings. The molecule has 0 spiro atoms. The summed E-state index contributed by atoms with van der Waals surface area (Å²) in [6.45, 7) is 0. The summed E-state index contributed by atoms with van der Waals surface area (Å²) >= 11 is 0. The number of hydrogen-bond donors (Lipinski definition) is 0. The third-order valence-electron chi connectivity index (χ3n) is 12.2. The van der Waals surface area contributed by atoms with Crippen LogP contribution < -0.4 is 9.80 Å². The van der Waals surface area contributed by atoms with Crippen LogP contribution in [0.15, 0.2) is 247 Å². The summed E-state index contributed by atoms with van der Waals surface area (Å²) in [6.07, 6.45) is 0. The second kappa shape index (κ2) is 14.5. The lowest BCUT2D eigenvalue weighted by Crippen LogP contribution is -2.29. The van der Waals surface area contributed by atoms with Crippen molar-refractivity contribution >= 4 is 66.8 Å². The van der Waals surface area contributed by atoms with Crippen molar-refractivity contribution in [3.8, 4) is 11.1 Å². The van der Waals surface area contributed by atoms with Crippen LogP contribution in [0.5, 0.6) is 0 Å². The SMILES string of the molecule is [2H]c1c([2H])c([2H])c2c(C3(c4cccc5oc6ccccc6c45)c4ccc(N(c5ccccc5)c5ccccc5)cc4-c4cc(N(c5ccccc5)c5ccccc5)ccc43)c([2H])c([2H])c([2H])c2c1[2H]. The molecule has 0 unspecified atom stereocenters. The summed E-state index contributed by atoms with van der Waals surface area (Å²) in [5, 5.41) is 1.50. The number of anilines is 6. The van der Waals surface area contributed by atoms with Gasteiger partial charge in [0.05, 0.1) is 15.0 Å². The molecule has 11 aromatic rings. The molecule has 0 N–H and O–H groups in total. The van der Waals surface area contributed by atoms with Crippen molar-refractivity contribution < 1.29 is 14.0 Å². The Morgan fingerprint density at radius 3 is 1.40 bits per heavy atom. The zero-order valence-corrected chi connectivity index (χ0v) is 33.4. The van der Waals surface area contributed by atoms with Gasteiger partial charge in [-0.3, -0.25) is 0 Å². The van der Waals surface area contributed by atoms with Gasteiger partial charge in [-0.25, -0.2) is 0 Å². The van der Waals surface area contributed by atoms with E-state index in [9.17, 15) is 6.85 Å². The molecule has 1 aliphatic rings. The third kappa shape index (κ3) is 5.52. The predicted octanol–water partition coefficient (Wildman–Crippen LogP) is 16.0. The highest BCUT2D eigenvalue weighted by molar-refractivity contribution is 6.10. The highest BCUT2D eigenvalue weighted by Gasteiger charge is 2.48. The van der Waals surface area contributed by atoms with E-state index in [0.717, 1.165) is 67.2 Å². The molecule has 0 atom stereocenters. The van der Waals surface area contributed by atoms with Crippen molar-refractivity contribution in [1.82, 2.24) is 0 Å². The topological polar surface area (TPSA) is 19.6 Å². The molecule has 12 rings (SSSR count). The second-order valence-electron chi connectivity index (χ2n) is 15.5. The molecule has 0 aliphatic heterocycles. The Morgan fingerprint density at radius 1 is 0.355 bits per heavy atom. The molecule has 3 heteroatoms. The lowest BCUT2D eigenvalue weighted by molar-refractivity contribution is 0.667. The molecule has 292 valence electrons. The molecular weight excluding hydrogens is 753 g/mol. The number of benzene rings is 10. The molecule has 1 aliphatic carbocycles. The molecule has 1 heterocycles. The number of hydrogen-bond acceptors (Lipinski definition) is 3. The van der Waals surface area contributed by atoms with Gasteiger partial charge in [0.1, 0.15) is 11.2 Å². The minimum atomic E-state index is -1.53. The van der Waals surface area contributed by atoms with Gasteiger partial charge in [0.2, 0.25) is 0 Å². The van der Waals surface area contributed by atoms with E-state index in [1.807, 2.05) is 115 Å². The van der Waals surface area contributed by atoms with E-state index in [1.54, 1.807) is 0 Å². The number of rotatable bonds is 8. The van der Waals surface area contributed by atoms with Crippen LogP contribution in [0.1, 0.15) is 31.8 Å².